The highest BCUT2D eigenvalue weighted by Crippen LogP contribution is 2.24. The number of nitrogens with one attached hydrogen (secondary N) is 2. The first kappa shape index (κ1) is 9.49. The smallest absolute Gasteiger partial charge is 0.0487 e. The molecule has 2 rings (SSSR count). The maximum absolute atomic E-state index is 5.38. The van der Waals surface area contributed by atoms with E-state index in [1.54, 1.807) is 0 Å². The maximum atomic E-state index is 5.38. The zero-order valence-electron chi connectivity index (χ0n) is 8.29. The summed E-state index contributed by atoms with van der Waals surface area (Å²) in [6, 6.07) is 8.36. The van der Waals surface area contributed by atoms with Gasteiger partial charge in [0.25, 0.3) is 0 Å². The lowest BCUT2D eigenvalue weighted by molar-refractivity contribution is 0.462. The van der Waals surface area contributed by atoms with Gasteiger partial charge in [-0.2, -0.15) is 0 Å². The van der Waals surface area contributed by atoms with Crippen molar-refractivity contribution in [3.63, 3.8) is 0 Å². The summed E-state index contributed by atoms with van der Waals surface area (Å²) < 4.78 is 0. The molecule has 0 aromatic heterocycles. The Bertz CT molecular complexity index is 292. The van der Waals surface area contributed by atoms with E-state index in [4.69, 9.17) is 5.84 Å². The minimum Gasteiger partial charge on any atom is -0.324 e. The van der Waals surface area contributed by atoms with Crippen molar-refractivity contribution in [1.82, 2.24) is 5.32 Å². The van der Waals surface area contributed by atoms with E-state index in [1.165, 1.54) is 18.4 Å². The number of rotatable bonds is 2. The summed E-state index contributed by atoms with van der Waals surface area (Å²) in [4.78, 5) is 0. The lowest BCUT2D eigenvalue weighted by Crippen LogP contribution is -2.28. The molecule has 1 aromatic carbocycles. The highest BCUT2D eigenvalue weighted by atomic mass is 15.2. The Labute approximate surface area is 84.7 Å². The molecule has 0 spiro atoms. The largest absolute Gasteiger partial charge is 0.324 e. The van der Waals surface area contributed by atoms with Crippen molar-refractivity contribution in [3.8, 4) is 0 Å². The van der Waals surface area contributed by atoms with E-state index in [0.717, 1.165) is 18.8 Å². The van der Waals surface area contributed by atoms with Gasteiger partial charge in [0.05, 0.1) is 0 Å². The van der Waals surface area contributed by atoms with Crippen LogP contribution in [-0.4, -0.2) is 13.1 Å². The Balaban J connectivity index is 2.13. The molecule has 76 valence electrons. The molecule has 1 unspecified atom stereocenters. The van der Waals surface area contributed by atoms with Crippen molar-refractivity contribution in [1.29, 1.82) is 0 Å². The first-order valence-electron chi connectivity index (χ1n) is 5.17. The topological polar surface area (TPSA) is 50.1 Å². The molecule has 14 heavy (non-hydrogen) atoms. The van der Waals surface area contributed by atoms with E-state index >= 15 is 0 Å². The molecule has 1 aliphatic rings. The van der Waals surface area contributed by atoms with Crippen molar-refractivity contribution < 1.29 is 0 Å². The molecule has 0 radical (unpaired) electrons. The number of nitrogens with two attached hydrogens (primary N) is 1. The van der Waals surface area contributed by atoms with Crippen LogP contribution in [0.5, 0.6) is 0 Å². The van der Waals surface area contributed by atoms with Crippen molar-refractivity contribution >= 4 is 5.69 Å². The third-order valence-corrected chi connectivity index (χ3v) is 2.82. The van der Waals surface area contributed by atoms with E-state index < -0.39 is 0 Å². The second kappa shape index (κ2) is 4.44. The van der Waals surface area contributed by atoms with Crippen molar-refractivity contribution in [2.75, 3.05) is 18.5 Å². The maximum Gasteiger partial charge on any atom is 0.0487 e. The van der Waals surface area contributed by atoms with Crippen LogP contribution in [0, 0.1) is 0 Å². The molecule has 0 bridgehead atoms. The van der Waals surface area contributed by atoms with Gasteiger partial charge in [-0.3, -0.25) is 5.84 Å². The van der Waals surface area contributed by atoms with Gasteiger partial charge in [-0.1, -0.05) is 12.1 Å². The minimum absolute atomic E-state index is 0.650. The van der Waals surface area contributed by atoms with Crippen LogP contribution in [0.4, 0.5) is 5.69 Å². The Morgan fingerprint density at radius 3 is 3.07 bits per heavy atom. The standard InChI is InChI=1S/C11H17N3/c12-14-11-5-1-3-9(7-11)10-4-2-6-13-8-10/h1,3,5,7,10,13-14H,2,4,6,8,12H2. The molecule has 4 N–H and O–H groups in total. The summed E-state index contributed by atoms with van der Waals surface area (Å²) in [5.74, 6) is 6.03. The van der Waals surface area contributed by atoms with Gasteiger partial charge >= 0.3 is 0 Å². The Hall–Kier alpha value is -1.06. The lowest BCUT2D eigenvalue weighted by atomic mass is 9.91. The molecule has 3 nitrogen and oxygen atoms in total. The van der Waals surface area contributed by atoms with Crippen LogP contribution in [0.3, 0.4) is 0 Å². The highest BCUT2D eigenvalue weighted by Gasteiger charge is 2.14. The summed E-state index contributed by atoms with van der Waals surface area (Å²) in [7, 11) is 0. The van der Waals surface area contributed by atoms with Crippen molar-refractivity contribution in [2.24, 2.45) is 5.84 Å². The van der Waals surface area contributed by atoms with Crippen LogP contribution in [0.1, 0.15) is 24.3 Å². The molecule has 1 aromatic rings. The third kappa shape index (κ3) is 2.05. The molecule has 1 saturated heterocycles. The van der Waals surface area contributed by atoms with Gasteiger partial charge < -0.3 is 10.7 Å². The van der Waals surface area contributed by atoms with E-state index in [1.807, 2.05) is 6.07 Å². The molecule has 0 amide bonds. The number of piperidine rings is 1. The first-order valence-corrected chi connectivity index (χ1v) is 5.17. The van der Waals surface area contributed by atoms with Gasteiger partial charge in [-0.05, 0) is 43.0 Å². The fourth-order valence-electron chi connectivity index (χ4n) is 2.02. The monoisotopic (exact) mass is 191 g/mol. The molecular formula is C11H17N3. The molecule has 1 heterocycles. The molecule has 1 atom stereocenters. The quantitative estimate of drug-likeness (QED) is 0.490. The van der Waals surface area contributed by atoms with E-state index in [9.17, 15) is 0 Å². The fourth-order valence-corrected chi connectivity index (χ4v) is 2.02. The number of benzene rings is 1. The van der Waals surface area contributed by atoms with Crippen LogP contribution in [0.2, 0.25) is 0 Å². The van der Waals surface area contributed by atoms with E-state index in [2.05, 4.69) is 28.9 Å². The average molecular weight is 191 g/mol. The number of anilines is 1. The lowest BCUT2D eigenvalue weighted by Gasteiger charge is -2.23. The van der Waals surface area contributed by atoms with Crippen LogP contribution < -0.4 is 16.6 Å². The first-order chi connectivity index (χ1) is 6.90. The van der Waals surface area contributed by atoms with Gasteiger partial charge in [-0.25, -0.2) is 0 Å². The van der Waals surface area contributed by atoms with Crippen LogP contribution in [0.15, 0.2) is 24.3 Å². The van der Waals surface area contributed by atoms with Gasteiger partial charge in [0.2, 0.25) is 0 Å². The number of nitrogen functional groups attached to an aromatic ring is 1. The number of hydrogen-bond donors (Lipinski definition) is 3. The van der Waals surface area contributed by atoms with Crippen LogP contribution >= 0.6 is 0 Å². The van der Waals surface area contributed by atoms with Crippen molar-refractivity contribution in [3.05, 3.63) is 29.8 Å². The Morgan fingerprint density at radius 1 is 1.43 bits per heavy atom. The van der Waals surface area contributed by atoms with Crippen LogP contribution in [-0.2, 0) is 0 Å². The predicted molar refractivity (Wildman–Crippen MR) is 59.1 cm³/mol. The van der Waals surface area contributed by atoms with Gasteiger partial charge in [0.15, 0.2) is 0 Å². The molecule has 1 aliphatic heterocycles. The second-order valence-corrected chi connectivity index (χ2v) is 3.81. The third-order valence-electron chi connectivity index (χ3n) is 2.82. The number of hydrogen-bond acceptors (Lipinski definition) is 3. The molecule has 0 aliphatic carbocycles. The second-order valence-electron chi connectivity index (χ2n) is 3.81. The average Bonchev–Trinajstić information content (AvgIpc) is 2.30. The Morgan fingerprint density at radius 2 is 2.36 bits per heavy atom. The summed E-state index contributed by atoms with van der Waals surface area (Å²) in [6.45, 7) is 2.25. The van der Waals surface area contributed by atoms with Gasteiger partial charge in [-0.15, -0.1) is 0 Å². The van der Waals surface area contributed by atoms with Gasteiger partial charge in [0, 0.05) is 12.2 Å². The zero-order valence-corrected chi connectivity index (χ0v) is 8.29. The highest BCUT2D eigenvalue weighted by molar-refractivity contribution is 5.45. The van der Waals surface area contributed by atoms with E-state index in [0.29, 0.717) is 5.92 Å². The van der Waals surface area contributed by atoms with E-state index in [-0.39, 0.29) is 0 Å². The molecule has 1 fully saturated rings. The summed E-state index contributed by atoms with van der Waals surface area (Å²) >= 11 is 0. The van der Waals surface area contributed by atoms with Crippen molar-refractivity contribution in [2.45, 2.75) is 18.8 Å². The molecular weight excluding hydrogens is 174 g/mol. The van der Waals surface area contributed by atoms with Gasteiger partial charge in [0.1, 0.15) is 0 Å². The summed E-state index contributed by atoms with van der Waals surface area (Å²) in [6.07, 6.45) is 2.55. The number of hydrazine groups is 1. The Kier molecular flexibility index (Phi) is 3.01. The fraction of sp³-hybridized carbons (Fsp3) is 0.455. The molecule has 3 heteroatoms. The minimum atomic E-state index is 0.650. The zero-order chi connectivity index (χ0) is 9.80. The SMILES string of the molecule is NNc1cccc(C2CCCNC2)c1. The summed E-state index contributed by atoms with van der Waals surface area (Å²) in [5, 5.41) is 3.42. The molecule has 0 saturated carbocycles. The normalized spacial score (nSPS) is 21.9. The van der Waals surface area contributed by atoms with Crippen LogP contribution in [0.25, 0.3) is 0 Å². The predicted octanol–water partition coefficient (Wildman–Crippen LogP) is 1.44. The summed E-state index contributed by atoms with van der Waals surface area (Å²) in [5.41, 5.74) is 5.06.